The molecule has 5 heterocycles. The zero-order valence-corrected chi connectivity index (χ0v) is 20.2. The number of methoxy groups -OCH3 is 1. The summed E-state index contributed by atoms with van der Waals surface area (Å²) in [6.45, 7) is 6.41. The Morgan fingerprint density at radius 1 is 1.31 bits per heavy atom. The molecule has 2 unspecified atom stereocenters. The van der Waals surface area contributed by atoms with Crippen LogP contribution in [0.5, 0.6) is 5.88 Å². The summed E-state index contributed by atoms with van der Waals surface area (Å²) in [5, 5.41) is 14.1. The molecule has 2 N–H and O–H groups in total. The van der Waals surface area contributed by atoms with E-state index in [9.17, 15) is 9.50 Å². The van der Waals surface area contributed by atoms with Gasteiger partial charge in [0.2, 0.25) is 5.88 Å². The number of rotatable bonds is 8. The topological polar surface area (TPSA) is 101 Å². The average molecular weight is 486 g/mol. The highest BCUT2D eigenvalue weighted by Crippen LogP contribution is 2.33. The highest BCUT2D eigenvalue weighted by atomic mass is 19.1. The maximum absolute atomic E-state index is 14.6. The molecule has 10 heteroatoms. The third-order valence-corrected chi connectivity index (χ3v) is 7.03. The molecule has 5 rings (SSSR count). The fourth-order valence-corrected chi connectivity index (χ4v) is 5.07. The number of aliphatic imine (C=N–C) groups is 1. The zero-order chi connectivity index (χ0) is 24.4. The van der Waals surface area contributed by atoms with Gasteiger partial charge in [0.25, 0.3) is 0 Å². The zero-order valence-electron chi connectivity index (χ0n) is 20.2. The SMILES string of the molecule is COc1ccc2ncc(F)c(CCN3CC(O)[C@@H](CNCC4=NC=C5OCCOC5(C)C4)C3)c2n1. The Kier molecular flexibility index (Phi) is 6.97. The van der Waals surface area contributed by atoms with Gasteiger partial charge in [-0.1, -0.05) is 0 Å². The van der Waals surface area contributed by atoms with Crippen molar-refractivity contribution < 1.29 is 23.7 Å². The molecule has 0 amide bonds. The number of aliphatic hydroxyl groups excluding tert-OH is 1. The van der Waals surface area contributed by atoms with Gasteiger partial charge in [-0.25, -0.2) is 9.37 Å². The molecular formula is C25H32FN5O4. The van der Waals surface area contributed by atoms with Crippen molar-refractivity contribution in [1.82, 2.24) is 20.2 Å². The number of hydrogen-bond acceptors (Lipinski definition) is 9. The van der Waals surface area contributed by atoms with Gasteiger partial charge in [0.15, 0.2) is 0 Å². The molecule has 0 aliphatic carbocycles. The van der Waals surface area contributed by atoms with Gasteiger partial charge in [0.1, 0.15) is 23.8 Å². The summed E-state index contributed by atoms with van der Waals surface area (Å²) in [5.74, 6) is 0.941. The number of hydrogen-bond donors (Lipinski definition) is 2. The van der Waals surface area contributed by atoms with Gasteiger partial charge in [0, 0.05) is 62.4 Å². The van der Waals surface area contributed by atoms with Crippen molar-refractivity contribution in [2.24, 2.45) is 10.9 Å². The predicted octanol–water partition coefficient (Wildman–Crippen LogP) is 1.69. The lowest BCUT2D eigenvalue weighted by molar-refractivity contribution is -0.100. The number of halogens is 1. The van der Waals surface area contributed by atoms with Crippen LogP contribution in [0.15, 0.2) is 35.3 Å². The lowest BCUT2D eigenvalue weighted by Gasteiger charge is -2.38. The van der Waals surface area contributed by atoms with Crippen molar-refractivity contribution in [3.05, 3.63) is 41.7 Å². The lowest BCUT2D eigenvalue weighted by atomic mass is 9.93. The molecule has 2 saturated heterocycles. The first kappa shape index (κ1) is 24.1. The van der Waals surface area contributed by atoms with Gasteiger partial charge in [-0.15, -0.1) is 0 Å². The second-order valence-electron chi connectivity index (χ2n) is 9.57. The van der Waals surface area contributed by atoms with E-state index in [4.69, 9.17) is 14.2 Å². The Bertz CT molecular complexity index is 1140. The number of nitrogens with zero attached hydrogens (tertiary/aromatic N) is 4. The number of ether oxygens (including phenoxy) is 3. The van der Waals surface area contributed by atoms with Crippen LogP contribution in [-0.4, -0.2) is 90.4 Å². The quantitative estimate of drug-likeness (QED) is 0.583. The van der Waals surface area contributed by atoms with Crippen molar-refractivity contribution in [2.45, 2.75) is 31.5 Å². The molecule has 3 atom stereocenters. The normalized spacial score (nSPS) is 26.7. The van der Waals surface area contributed by atoms with E-state index in [-0.39, 0.29) is 11.7 Å². The maximum Gasteiger partial charge on any atom is 0.213 e. The van der Waals surface area contributed by atoms with E-state index in [1.54, 1.807) is 18.3 Å². The van der Waals surface area contributed by atoms with Gasteiger partial charge < -0.3 is 29.5 Å². The van der Waals surface area contributed by atoms with E-state index in [1.165, 1.54) is 13.3 Å². The summed E-state index contributed by atoms with van der Waals surface area (Å²) < 4.78 is 31.4. The second kappa shape index (κ2) is 10.1. The van der Waals surface area contributed by atoms with Crippen LogP contribution >= 0.6 is 0 Å². The van der Waals surface area contributed by atoms with Crippen LogP contribution in [0.3, 0.4) is 0 Å². The smallest absolute Gasteiger partial charge is 0.213 e. The van der Waals surface area contributed by atoms with Crippen LogP contribution in [0.4, 0.5) is 4.39 Å². The van der Waals surface area contributed by atoms with Crippen LogP contribution in [0, 0.1) is 11.7 Å². The number of likely N-dealkylation sites (tertiary alicyclic amines) is 1. The summed E-state index contributed by atoms with van der Waals surface area (Å²) in [5.41, 5.74) is 2.25. The fraction of sp³-hybridized carbons (Fsp3) is 0.560. The number of pyridine rings is 2. The first-order valence-electron chi connectivity index (χ1n) is 12.1. The molecule has 3 aliphatic rings. The van der Waals surface area contributed by atoms with Crippen molar-refractivity contribution in [3.8, 4) is 5.88 Å². The van der Waals surface area contributed by atoms with Gasteiger partial charge in [-0.3, -0.25) is 9.98 Å². The molecule has 0 bridgehead atoms. The number of aliphatic hydroxyl groups is 1. The summed E-state index contributed by atoms with van der Waals surface area (Å²) in [6.07, 6.45) is 3.73. The second-order valence-corrected chi connectivity index (χ2v) is 9.57. The van der Waals surface area contributed by atoms with E-state index >= 15 is 0 Å². The van der Waals surface area contributed by atoms with Crippen LogP contribution in [0.25, 0.3) is 11.0 Å². The molecule has 0 spiro atoms. The molecule has 35 heavy (non-hydrogen) atoms. The molecule has 9 nitrogen and oxygen atoms in total. The molecule has 0 aromatic carbocycles. The monoisotopic (exact) mass is 485 g/mol. The van der Waals surface area contributed by atoms with Crippen LogP contribution in [0.1, 0.15) is 18.9 Å². The number of β-amino-alcohol motifs (C(OH)–C–C–N with tert-alkyl or cyclic N) is 1. The van der Waals surface area contributed by atoms with Crippen LogP contribution < -0.4 is 10.1 Å². The molecule has 2 fully saturated rings. The Morgan fingerprint density at radius 2 is 2.20 bits per heavy atom. The van der Waals surface area contributed by atoms with E-state index in [0.29, 0.717) is 74.7 Å². The van der Waals surface area contributed by atoms with E-state index < -0.39 is 11.7 Å². The fourth-order valence-electron chi connectivity index (χ4n) is 5.07. The summed E-state index contributed by atoms with van der Waals surface area (Å²) >= 11 is 0. The van der Waals surface area contributed by atoms with Crippen molar-refractivity contribution in [3.63, 3.8) is 0 Å². The minimum Gasteiger partial charge on any atom is -0.491 e. The standard InChI is InChI=1S/C25H32FN5O4/c1-25-9-17(28-13-22(25)34-7-8-35-25)11-27-10-16-14-31(15-21(16)32)6-5-18-19(26)12-29-20-3-4-23(33-2)30-24(18)20/h3-4,12-13,16,21,27,32H,5-11,14-15H2,1-2H3/t16-,21?,25?/m0/s1. The number of aromatic nitrogens is 2. The van der Waals surface area contributed by atoms with Crippen molar-refractivity contribution >= 4 is 16.7 Å². The number of fused-ring (bicyclic) bond motifs is 2. The highest BCUT2D eigenvalue weighted by Gasteiger charge is 2.38. The molecular weight excluding hydrogens is 453 g/mol. The average Bonchev–Trinajstić information content (AvgIpc) is 3.21. The highest BCUT2D eigenvalue weighted by molar-refractivity contribution is 5.89. The van der Waals surface area contributed by atoms with E-state index in [0.717, 1.165) is 18.0 Å². The van der Waals surface area contributed by atoms with E-state index in [2.05, 4.69) is 25.2 Å². The summed E-state index contributed by atoms with van der Waals surface area (Å²) in [7, 11) is 1.54. The molecule has 2 aromatic heterocycles. The molecule has 0 saturated carbocycles. The van der Waals surface area contributed by atoms with Gasteiger partial charge in [0.05, 0.1) is 43.3 Å². The Hall–Kier alpha value is -2.66. The Labute approximate surface area is 204 Å². The maximum atomic E-state index is 14.6. The van der Waals surface area contributed by atoms with Crippen molar-refractivity contribution in [1.29, 1.82) is 0 Å². The van der Waals surface area contributed by atoms with Gasteiger partial charge >= 0.3 is 0 Å². The predicted molar refractivity (Wildman–Crippen MR) is 129 cm³/mol. The first-order chi connectivity index (χ1) is 16.9. The minimum absolute atomic E-state index is 0.0902. The van der Waals surface area contributed by atoms with Crippen LogP contribution in [0.2, 0.25) is 0 Å². The molecule has 2 aromatic rings. The third kappa shape index (κ3) is 5.16. The first-order valence-corrected chi connectivity index (χ1v) is 12.1. The summed E-state index contributed by atoms with van der Waals surface area (Å²) in [6, 6.07) is 3.50. The third-order valence-electron chi connectivity index (χ3n) is 7.03. The van der Waals surface area contributed by atoms with Gasteiger partial charge in [-0.2, -0.15) is 0 Å². The molecule has 3 aliphatic heterocycles. The summed E-state index contributed by atoms with van der Waals surface area (Å²) in [4.78, 5) is 15.2. The Balaban J connectivity index is 1.14. The number of nitrogens with one attached hydrogen (secondary N) is 1. The lowest BCUT2D eigenvalue weighted by Crippen LogP contribution is -2.44. The van der Waals surface area contributed by atoms with Gasteiger partial charge in [-0.05, 0) is 19.4 Å². The van der Waals surface area contributed by atoms with Crippen LogP contribution in [-0.2, 0) is 15.9 Å². The largest absolute Gasteiger partial charge is 0.491 e. The van der Waals surface area contributed by atoms with Crippen molar-refractivity contribution in [2.75, 3.05) is 53.0 Å². The molecule has 0 radical (unpaired) electrons. The Morgan fingerprint density at radius 3 is 3.06 bits per heavy atom. The molecule has 188 valence electrons. The van der Waals surface area contributed by atoms with E-state index in [1.807, 2.05) is 6.92 Å². The minimum atomic E-state index is -0.439.